The van der Waals surface area contributed by atoms with E-state index in [0.717, 1.165) is 18.5 Å². The van der Waals surface area contributed by atoms with Gasteiger partial charge in [-0.1, -0.05) is 13.8 Å². The van der Waals surface area contributed by atoms with Gasteiger partial charge in [0, 0.05) is 25.3 Å². The van der Waals surface area contributed by atoms with Crippen LogP contribution in [0, 0.1) is 5.41 Å². The minimum atomic E-state index is 0.0158. The first-order valence-corrected chi connectivity index (χ1v) is 6.21. The van der Waals surface area contributed by atoms with Crippen molar-refractivity contribution in [2.45, 2.75) is 33.2 Å². The maximum atomic E-state index is 9.43. The topological polar surface area (TPSA) is 72.7 Å². The Morgan fingerprint density at radius 2 is 1.72 bits per heavy atom. The summed E-state index contributed by atoms with van der Waals surface area (Å²) >= 11 is 0. The molecule has 4 heteroatoms. The zero-order valence-electron chi connectivity index (χ0n) is 11.3. The SMILES string of the molecule is CC(NCC(C)(C)CCO)c1cc(O)cc(O)c1. The average molecular weight is 253 g/mol. The number of hydrogen-bond donors (Lipinski definition) is 4. The summed E-state index contributed by atoms with van der Waals surface area (Å²) in [6, 6.07) is 4.61. The van der Waals surface area contributed by atoms with E-state index in [1.165, 1.54) is 6.07 Å². The van der Waals surface area contributed by atoms with E-state index >= 15 is 0 Å². The fourth-order valence-corrected chi connectivity index (χ4v) is 1.81. The quantitative estimate of drug-likeness (QED) is 0.627. The van der Waals surface area contributed by atoms with Crippen molar-refractivity contribution < 1.29 is 15.3 Å². The van der Waals surface area contributed by atoms with Crippen LogP contribution < -0.4 is 5.32 Å². The molecule has 1 aromatic rings. The van der Waals surface area contributed by atoms with Crippen LogP contribution in [0.4, 0.5) is 0 Å². The molecular formula is C14H23NO3. The molecule has 0 aliphatic heterocycles. The molecule has 4 nitrogen and oxygen atoms in total. The molecule has 18 heavy (non-hydrogen) atoms. The van der Waals surface area contributed by atoms with E-state index < -0.39 is 0 Å². The highest BCUT2D eigenvalue weighted by molar-refractivity contribution is 5.37. The van der Waals surface area contributed by atoms with Crippen molar-refractivity contribution in [1.82, 2.24) is 5.32 Å². The molecule has 0 aromatic heterocycles. The Bertz CT molecular complexity index is 370. The van der Waals surface area contributed by atoms with Gasteiger partial charge in [0.25, 0.3) is 0 Å². The molecule has 0 amide bonds. The third kappa shape index (κ3) is 4.55. The van der Waals surface area contributed by atoms with Crippen LogP contribution in [0.25, 0.3) is 0 Å². The zero-order chi connectivity index (χ0) is 13.8. The molecule has 1 aromatic carbocycles. The molecule has 0 aliphatic carbocycles. The molecule has 0 spiro atoms. The van der Waals surface area contributed by atoms with E-state index in [9.17, 15) is 10.2 Å². The molecule has 1 rings (SSSR count). The normalized spacial score (nSPS) is 13.6. The van der Waals surface area contributed by atoms with E-state index in [1.807, 2.05) is 6.92 Å². The van der Waals surface area contributed by atoms with Gasteiger partial charge in [-0.2, -0.15) is 0 Å². The van der Waals surface area contributed by atoms with Gasteiger partial charge < -0.3 is 20.6 Å². The number of benzene rings is 1. The summed E-state index contributed by atoms with van der Waals surface area (Å²) in [6.07, 6.45) is 0.734. The molecular weight excluding hydrogens is 230 g/mol. The maximum absolute atomic E-state index is 9.43. The zero-order valence-corrected chi connectivity index (χ0v) is 11.3. The second-order valence-electron chi connectivity index (χ2n) is 5.52. The first-order chi connectivity index (χ1) is 8.34. The van der Waals surface area contributed by atoms with E-state index in [0.29, 0.717) is 0 Å². The molecule has 0 radical (unpaired) electrons. The summed E-state index contributed by atoms with van der Waals surface area (Å²) < 4.78 is 0. The number of nitrogens with one attached hydrogen (secondary N) is 1. The number of aliphatic hydroxyl groups excluding tert-OH is 1. The van der Waals surface area contributed by atoms with Gasteiger partial charge in [-0.05, 0) is 36.5 Å². The Morgan fingerprint density at radius 1 is 1.17 bits per heavy atom. The standard InChI is InChI=1S/C14H23NO3/c1-10(15-9-14(2,3)4-5-16)11-6-12(17)8-13(18)7-11/h6-8,10,15-18H,4-5,9H2,1-3H3. The highest BCUT2D eigenvalue weighted by atomic mass is 16.3. The molecule has 102 valence electrons. The smallest absolute Gasteiger partial charge is 0.119 e. The fraction of sp³-hybridized carbons (Fsp3) is 0.571. The van der Waals surface area contributed by atoms with Gasteiger partial charge in [0.2, 0.25) is 0 Å². The van der Waals surface area contributed by atoms with Gasteiger partial charge in [-0.25, -0.2) is 0 Å². The van der Waals surface area contributed by atoms with Crippen LogP contribution >= 0.6 is 0 Å². The van der Waals surface area contributed by atoms with E-state index in [4.69, 9.17) is 5.11 Å². The Labute approximate surface area is 108 Å². The summed E-state index contributed by atoms with van der Waals surface area (Å²) in [5.74, 6) is 0.126. The molecule has 0 fully saturated rings. The Hall–Kier alpha value is -1.26. The number of phenols is 2. The minimum absolute atomic E-state index is 0.0158. The summed E-state index contributed by atoms with van der Waals surface area (Å²) in [7, 11) is 0. The molecule has 0 aliphatic rings. The fourth-order valence-electron chi connectivity index (χ4n) is 1.81. The van der Waals surface area contributed by atoms with E-state index in [-0.39, 0.29) is 29.6 Å². The highest BCUT2D eigenvalue weighted by Crippen LogP contribution is 2.26. The van der Waals surface area contributed by atoms with Crippen molar-refractivity contribution in [3.8, 4) is 11.5 Å². The van der Waals surface area contributed by atoms with Gasteiger partial charge in [-0.15, -0.1) is 0 Å². The van der Waals surface area contributed by atoms with Crippen LogP contribution in [-0.2, 0) is 0 Å². The molecule has 0 heterocycles. The van der Waals surface area contributed by atoms with Crippen LogP contribution in [-0.4, -0.2) is 28.5 Å². The average Bonchev–Trinajstić information content (AvgIpc) is 2.24. The van der Waals surface area contributed by atoms with Crippen LogP contribution in [0.5, 0.6) is 11.5 Å². The lowest BCUT2D eigenvalue weighted by Gasteiger charge is -2.26. The lowest BCUT2D eigenvalue weighted by Crippen LogP contribution is -2.32. The second kappa shape index (κ2) is 6.07. The van der Waals surface area contributed by atoms with Crippen molar-refractivity contribution in [2.24, 2.45) is 5.41 Å². The monoisotopic (exact) mass is 253 g/mol. The lowest BCUT2D eigenvalue weighted by atomic mass is 9.89. The van der Waals surface area contributed by atoms with Gasteiger partial charge in [0.15, 0.2) is 0 Å². The van der Waals surface area contributed by atoms with Crippen molar-refractivity contribution in [3.05, 3.63) is 23.8 Å². The summed E-state index contributed by atoms with van der Waals surface area (Å²) in [5.41, 5.74) is 0.856. The molecule has 1 unspecified atom stereocenters. The number of aliphatic hydroxyl groups is 1. The third-order valence-corrected chi connectivity index (χ3v) is 3.10. The molecule has 4 N–H and O–H groups in total. The van der Waals surface area contributed by atoms with Crippen molar-refractivity contribution in [1.29, 1.82) is 0 Å². The third-order valence-electron chi connectivity index (χ3n) is 3.10. The maximum Gasteiger partial charge on any atom is 0.119 e. The summed E-state index contributed by atoms with van der Waals surface area (Å²) in [6.45, 7) is 7.08. The van der Waals surface area contributed by atoms with Gasteiger partial charge in [0.1, 0.15) is 11.5 Å². The number of aromatic hydroxyl groups is 2. The van der Waals surface area contributed by atoms with Crippen molar-refractivity contribution in [3.63, 3.8) is 0 Å². The first kappa shape index (κ1) is 14.8. The summed E-state index contributed by atoms with van der Waals surface area (Å²) in [4.78, 5) is 0. The Kier molecular flexibility index (Phi) is 4.99. The van der Waals surface area contributed by atoms with Crippen LogP contribution in [0.1, 0.15) is 38.8 Å². The molecule has 1 atom stereocenters. The summed E-state index contributed by atoms with van der Waals surface area (Å²) in [5, 5.41) is 31.2. The van der Waals surface area contributed by atoms with Crippen LogP contribution in [0.2, 0.25) is 0 Å². The Morgan fingerprint density at radius 3 is 2.22 bits per heavy atom. The van der Waals surface area contributed by atoms with Gasteiger partial charge >= 0.3 is 0 Å². The van der Waals surface area contributed by atoms with Gasteiger partial charge in [-0.3, -0.25) is 0 Å². The van der Waals surface area contributed by atoms with Crippen molar-refractivity contribution in [2.75, 3.05) is 13.2 Å². The Balaban J connectivity index is 2.62. The largest absolute Gasteiger partial charge is 0.508 e. The van der Waals surface area contributed by atoms with Gasteiger partial charge in [0.05, 0.1) is 0 Å². The van der Waals surface area contributed by atoms with Crippen LogP contribution in [0.3, 0.4) is 0 Å². The van der Waals surface area contributed by atoms with Crippen LogP contribution in [0.15, 0.2) is 18.2 Å². The van der Waals surface area contributed by atoms with E-state index in [2.05, 4.69) is 19.2 Å². The minimum Gasteiger partial charge on any atom is -0.508 e. The molecule has 0 saturated carbocycles. The second-order valence-corrected chi connectivity index (χ2v) is 5.52. The van der Waals surface area contributed by atoms with Crippen molar-refractivity contribution >= 4 is 0 Å². The number of rotatable bonds is 6. The van der Waals surface area contributed by atoms with E-state index in [1.54, 1.807) is 12.1 Å². The number of phenolic OH excluding ortho intramolecular Hbond substituents is 2. The molecule has 0 bridgehead atoms. The number of hydrogen-bond acceptors (Lipinski definition) is 4. The highest BCUT2D eigenvalue weighted by Gasteiger charge is 2.18. The predicted octanol–water partition coefficient (Wildman–Crippen LogP) is 2.16. The lowest BCUT2D eigenvalue weighted by molar-refractivity contribution is 0.203. The predicted molar refractivity (Wildman–Crippen MR) is 71.7 cm³/mol. The molecule has 0 saturated heterocycles. The first-order valence-electron chi connectivity index (χ1n) is 6.21.